The highest BCUT2D eigenvalue weighted by Gasteiger charge is 2.21. The van der Waals surface area contributed by atoms with E-state index in [9.17, 15) is 0 Å². The Hall–Kier alpha value is -0.770. The third kappa shape index (κ3) is 2.08. The minimum absolute atomic E-state index is 0.461. The molecule has 0 heterocycles. The van der Waals surface area contributed by atoms with Crippen LogP contribution in [0.5, 0.6) is 0 Å². The summed E-state index contributed by atoms with van der Waals surface area (Å²) in [5, 5.41) is 8.53. The molecule has 1 atom stereocenters. The second kappa shape index (κ2) is 4.18. The lowest BCUT2D eigenvalue weighted by Gasteiger charge is -2.15. The molecule has 0 unspecified atom stereocenters. The number of nitriles is 1. The van der Waals surface area contributed by atoms with E-state index < -0.39 is 0 Å². The number of hydrogen-bond donors (Lipinski definition) is 0. The Balaban J connectivity index is 2.41. The number of allylic oxidation sites excluding steroid dienone is 1. The maximum atomic E-state index is 8.53. The van der Waals surface area contributed by atoms with Crippen LogP contribution in [0.3, 0.4) is 0 Å². The Morgan fingerprint density at radius 2 is 2.18 bits per heavy atom. The van der Waals surface area contributed by atoms with Crippen LogP contribution < -0.4 is 0 Å². The van der Waals surface area contributed by atoms with Crippen molar-refractivity contribution in [1.29, 1.82) is 5.26 Å². The highest BCUT2D eigenvalue weighted by atomic mass is 14.3. The zero-order valence-electron chi connectivity index (χ0n) is 6.92. The van der Waals surface area contributed by atoms with Gasteiger partial charge in [-0.05, 0) is 24.7 Å². The molecule has 0 radical (unpaired) electrons. The molecule has 0 N–H and O–H groups in total. The van der Waals surface area contributed by atoms with E-state index in [1.165, 1.54) is 25.7 Å². The molecule has 0 aromatic rings. The highest BCUT2D eigenvalue weighted by molar-refractivity contribution is 4.92. The quantitative estimate of drug-likeness (QED) is 0.566. The standard InChI is InChI=1S/C10H15N/c1-2-9(7-8-11)10-5-3-4-6-10/h2,9-10H,1,3-7H2/t9-/m1/s1. The highest BCUT2D eigenvalue weighted by Crippen LogP contribution is 2.33. The summed E-state index contributed by atoms with van der Waals surface area (Å²) >= 11 is 0. The molecule has 60 valence electrons. The largest absolute Gasteiger partial charge is 0.198 e. The summed E-state index contributed by atoms with van der Waals surface area (Å²) in [7, 11) is 0. The van der Waals surface area contributed by atoms with E-state index in [2.05, 4.69) is 12.6 Å². The summed E-state index contributed by atoms with van der Waals surface area (Å²) in [6, 6.07) is 2.22. The van der Waals surface area contributed by atoms with Crippen LogP contribution in [-0.2, 0) is 0 Å². The summed E-state index contributed by atoms with van der Waals surface area (Å²) in [6.07, 6.45) is 7.92. The van der Waals surface area contributed by atoms with Crippen LogP contribution in [0.2, 0.25) is 0 Å². The van der Waals surface area contributed by atoms with Crippen LogP contribution in [0.25, 0.3) is 0 Å². The molecule has 0 saturated heterocycles. The third-order valence-electron chi connectivity index (χ3n) is 2.64. The molecule has 0 amide bonds. The molecular weight excluding hydrogens is 134 g/mol. The number of hydrogen-bond acceptors (Lipinski definition) is 1. The van der Waals surface area contributed by atoms with Gasteiger partial charge in [-0.2, -0.15) is 5.26 Å². The maximum absolute atomic E-state index is 8.53. The maximum Gasteiger partial charge on any atom is 0.0628 e. The van der Waals surface area contributed by atoms with Crippen molar-refractivity contribution in [3.63, 3.8) is 0 Å². The minimum atomic E-state index is 0.461. The molecule has 1 heteroatoms. The van der Waals surface area contributed by atoms with Crippen molar-refractivity contribution in [3.05, 3.63) is 12.7 Å². The van der Waals surface area contributed by atoms with Gasteiger partial charge in [-0.25, -0.2) is 0 Å². The minimum Gasteiger partial charge on any atom is -0.198 e. The van der Waals surface area contributed by atoms with E-state index in [0.29, 0.717) is 12.3 Å². The lowest BCUT2D eigenvalue weighted by molar-refractivity contribution is 0.412. The molecule has 1 aliphatic carbocycles. The summed E-state index contributed by atoms with van der Waals surface area (Å²) in [4.78, 5) is 0. The van der Waals surface area contributed by atoms with E-state index in [1.807, 2.05) is 6.08 Å². The lowest BCUT2D eigenvalue weighted by Crippen LogP contribution is -2.07. The summed E-state index contributed by atoms with van der Waals surface area (Å²) in [6.45, 7) is 3.77. The second-order valence-corrected chi connectivity index (χ2v) is 3.31. The predicted molar refractivity (Wildman–Crippen MR) is 45.9 cm³/mol. The topological polar surface area (TPSA) is 23.8 Å². The first-order valence-corrected chi connectivity index (χ1v) is 4.38. The van der Waals surface area contributed by atoms with Crippen molar-refractivity contribution in [2.75, 3.05) is 0 Å². The van der Waals surface area contributed by atoms with E-state index in [1.54, 1.807) is 0 Å². The second-order valence-electron chi connectivity index (χ2n) is 3.31. The molecule has 1 fully saturated rings. The van der Waals surface area contributed by atoms with Crippen molar-refractivity contribution >= 4 is 0 Å². The monoisotopic (exact) mass is 149 g/mol. The fourth-order valence-corrected chi connectivity index (χ4v) is 1.93. The van der Waals surface area contributed by atoms with Crippen molar-refractivity contribution in [2.45, 2.75) is 32.1 Å². The van der Waals surface area contributed by atoms with Crippen LogP contribution in [0.15, 0.2) is 12.7 Å². The molecule has 1 aliphatic rings. The van der Waals surface area contributed by atoms with Gasteiger partial charge in [-0.15, -0.1) is 6.58 Å². The van der Waals surface area contributed by atoms with Gasteiger partial charge in [-0.3, -0.25) is 0 Å². The Morgan fingerprint density at radius 3 is 2.64 bits per heavy atom. The van der Waals surface area contributed by atoms with Crippen LogP contribution in [0.4, 0.5) is 0 Å². The average Bonchev–Trinajstić information content (AvgIpc) is 2.52. The molecule has 11 heavy (non-hydrogen) atoms. The molecule has 0 spiro atoms. The van der Waals surface area contributed by atoms with Crippen molar-refractivity contribution in [3.8, 4) is 6.07 Å². The molecule has 1 saturated carbocycles. The normalized spacial score (nSPS) is 21.0. The first-order chi connectivity index (χ1) is 5.38. The van der Waals surface area contributed by atoms with Crippen molar-refractivity contribution in [2.24, 2.45) is 11.8 Å². The number of rotatable bonds is 3. The van der Waals surface area contributed by atoms with E-state index in [-0.39, 0.29) is 0 Å². The zero-order chi connectivity index (χ0) is 8.10. The van der Waals surface area contributed by atoms with E-state index in [4.69, 9.17) is 5.26 Å². The van der Waals surface area contributed by atoms with Gasteiger partial charge < -0.3 is 0 Å². The van der Waals surface area contributed by atoms with Crippen molar-refractivity contribution < 1.29 is 0 Å². The molecule has 1 rings (SSSR count). The Morgan fingerprint density at radius 1 is 1.55 bits per heavy atom. The molecule has 0 aromatic heterocycles. The van der Waals surface area contributed by atoms with Crippen LogP contribution in [-0.4, -0.2) is 0 Å². The molecule has 0 bridgehead atoms. The van der Waals surface area contributed by atoms with E-state index in [0.717, 1.165) is 5.92 Å². The average molecular weight is 149 g/mol. The van der Waals surface area contributed by atoms with Crippen LogP contribution >= 0.6 is 0 Å². The fraction of sp³-hybridized carbons (Fsp3) is 0.700. The first-order valence-electron chi connectivity index (χ1n) is 4.38. The van der Waals surface area contributed by atoms with E-state index >= 15 is 0 Å². The first kappa shape index (κ1) is 8.33. The zero-order valence-corrected chi connectivity index (χ0v) is 6.92. The van der Waals surface area contributed by atoms with Gasteiger partial charge in [0.1, 0.15) is 0 Å². The lowest BCUT2D eigenvalue weighted by atomic mass is 9.89. The van der Waals surface area contributed by atoms with Gasteiger partial charge in [0.25, 0.3) is 0 Å². The van der Waals surface area contributed by atoms with Crippen molar-refractivity contribution in [1.82, 2.24) is 0 Å². The van der Waals surface area contributed by atoms with Gasteiger partial charge >= 0.3 is 0 Å². The van der Waals surface area contributed by atoms with Gasteiger partial charge in [0.2, 0.25) is 0 Å². The fourth-order valence-electron chi connectivity index (χ4n) is 1.93. The van der Waals surface area contributed by atoms with Crippen LogP contribution in [0, 0.1) is 23.2 Å². The summed E-state index contributed by atoms with van der Waals surface area (Å²) in [5.74, 6) is 1.22. The molecule has 1 nitrogen and oxygen atoms in total. The molecular formula is C10H15N. The Bertz CT molecular complexity index is 160. The van der Waals surface area contributed by atoms with Gasteiger partial charge in [0, 0.05) is 6.42 Å². The predicted octanol–water partition coefficient (Wildman–Crippen LogP) is 2.89. The Labute approximate surface area is 68.7 Å². The smallest absolute Gasteiger partial charge is 0.0628 e. The van der Waals surface area contributed by atoms with Crippen LogP contribution in [0.1, 0.15) is 32.1 Å². The summed E-state index contributed by atoms with van der Waals surface area (Å²) in [5.41, 5.74) is 0. The summed E-state index contributed by atoms with van der Waals surface area (Å²) < 4.78 is 0. The SMILES string of the molecule is C=C[C@H](CC#N)C1CCCC1. The van der Waals surface area contributed by atoms with Gasteiger partial charge in [0.05, 0.1) is 6.07 Å². The third-order valence-corrected chi connectivity index (χ3v) is 2.64. The Kier molecular flexibility index (Phi) is 3.16. The van der Waals surface area contributed by atoms with Gasteiger partial charge in [-0.1, -0.05) is 18.9 Å². The number of nitrogens with zero attached hydrogens (tertiary/aromatic N) is 1. The molecule has 0 aromatic carbocycles. The molecule has 0 aliphatic heterocycles. The van der Waals surface area contributed by atoms with Gasteiger partial charge in [0.15, 0.2) is 0 Å².